The van der Waals surface area contributed by atoms with Crippen molar-refractivity contribution in [2.45, 2.75) is 0 Å². The van der Waals surface area contributed by atoms with Crippen LogP contribution in [0.2, 0.25) is 0 Å². The van der Waals surface area contributed by atoms with Crippen LogP contribution in [-0.2, 0) is 0 Å². The first-order valence-electron chi connectivity index (χ1n) is 7.80. The first-order valence-corrected chi connectivity index (χ1v) is 7.80. The Morgan fingerprint density at radius 1 is 0.708 bits per heavy atom. The van der Waals surface area contributed by atoms with E-state index in [0.717, 1.165) is 27.8 Å². The Morgan fingerprint density at radius 3 is 2.33 bits per heavy atom. The lowest BCUT2D eigenvalue weighted by molar-refractivity contribution is 1.36. The average molecular weight is 306 g/mol. The summed E-state index contributed by atoms with van der Waals surface area (Å²) in [6, 6.07) is 28.4. The lowest BCUT2D eigenvalue weighted by Crippen LogP contribution is -1.87. The molecule has 0 N–H and O–H groups in total. The number of hydrogen-bond acceptors (Lipinski definition) is 2. The number of fused-ring (bicyclic) bond motifs is 1. The molecule has 0 bridgehead atoms. The van der Waals surface area contributed by atoms with Gasteiger partial charge in [-0.2, -0.15) is 5.26 Å². The van der Waals surface area contributed by atoms with Crippen molar-refractivity contribution in [1.82, 2.24) is 4.98 Å². The van der Waals surface area contributed by atoms with Gasteiger partial charge in [-0.3, -0.25) is 4.98 Å². The van der Waals surface area contributed by atoms with E-state index in [1.165, 1.54) is 5.39 Å². The van der Waals surface area contributed by atoms with E-state index in [-0.39, 0.29) is 0 Å². The van der Waals surface area contributed by atoms with Crippen molar-refractivity contribution >= 4 is 10.8 Å². The van der Waals surface area contributed by atoms with Gasteiger partial charge in [-0.25, -0.2) is 0 Å². The second kappa shape index (κ2) is 5.98. The van der Waals surface area contributed by atoms with E-state index in [1.54, 1.807) is 0 Å². The third kappa shape index (κ3) is 2.53. The van der Waals surface area contributed by atoms with Crippen LogP contribution in [0.1, 0.15) is 5.56 Å². The molecule has 2 heteroatoms. The summed E-state index contributed by atoms with van der Waals surface area (Å²) >= 11 is 0. The highest BCUT2D eigenvalue weighted by molar-refractivity contribution is 5.86. The van der Waals surface area contributed by atoms with Crippen molar-refractivity contribution in [2.75, 3.05) is 0 Å². The van der Waals surface area contributed by atoms with Crippen molar-refractivity contribution in [2.24, 2.45) is 0 Å². The number of benzene rings is 3. The predicted octanol–water partition coefficient (Wildman–Crippen LogP) is 5.44. The Hall–Kier alpha value is -3.44. The average Bonchev–Trinajstić information content (AvgIpc) is 2.67. The minimum atomic E-state index is 0.682. The van der Waals surface area contributed by atoms with Crippen molar-refractivity contribution in [3.63, 3.8) is 0 Å². The maximum Gasteiger partial charge on any atom is 0.0998 e. The number of nitrogens with zero attached hydrogens (tertiary/aromatic N) is 2. The van der Waals surface area contributed by atoms with Gasteiger partial charge in [0, 0.05) is 17.1 Å². The molecule has 0 spiro atoms. The molecule has 0 amide bonds. The SMILES string of the molecule is N#Cc1ccccc1-c1cccc(-c2cc3ccccc3cn2)c1. The van der Waals surface area contributed by atoms with E-state index in [4.69, 9.17) is 0 Å². The van der Waals surface area contributed by atoms with Crippen molar-refractivity contribution < 1.29 is 0 Å². The molecule has 112 valence electrons. The standard InChI is InChI=1S/C22H14N2/c23-14-19-7-3-4-11-21(19)17-9-5-10-18(12-17)22-13-16-6-1-2-8-20(16)15-24-22/h1-13,15H. The lowest BCUT2D eigenvalue weighted by atomic mass is 9.97. The Balaban J connectivity index is 1.83. The Kier molecular flexibility index (Phi) is 3.53. The van der Waals surface area contributed by atoms with Crippen LogP contribution in [0.4, 0.5) is 0 Å². The van der Waals surface area contributed by atoms with Gasteiger partial charge >= 0.3 is 0 Å². The summed E-state index contributed by atoms with van der Waals surface area (Å²) in [5.74, 6) is 0. The molecule has 0 radical (unpaired) electrons. The fourth-order valence-electron chi connectivity index (χ4n) is 2.92. The van der Waals surface area contributed by atoms with Crippen LogP contribution in [0.3, 0.4) is 0 Å². The van der Waals surface area contributed by atoms with Gasteiger partial charge in [-0.1, -0.05) is 60.7 Å². The maximum absolute atomic E-state index is 9.32. The molecule has 0 atom stereocenters. The third-order valence-corrected chi connectivity index (χ3v) is 4.15. The zero-order valence-corrected chi connectivity index (χ0v) is 13.0. The molecular formula is C22H14N2. The van der Waals surface area contributed by atoms with Crippen LogP contribution in [0.25, 0.3) is 33.2 Å². The van der Waals surface area contributed by atoms with Gasteiger partial charge in [0.05, 0.1) is 17.3 Å². The number of nitriles is 1. The normalized spacial score (nSPS) is 10.5. The molecule has 3 aromatic carbocycles. The fourth-order valence-corrected chi connectivity index (χ4v) is 2.92. The summed E-state index contributed by atoms with van der Waals surface area (Å²) in [6.07, 6.45) is 1.90. The number of hydrogen-bond donors (Lipinski definition) is 0. The second-order valence-electron chi connectivity index (χ2n) is 5.65. The predicted molar refractivity (Wildman–Crippen MR) is 97.3 cm³/mol. The zero-order valence-electron chi connectivity index (χ0n) is 13.0. The maximum atomic E-state index is 9.32. The summed E-state index contributed by atoms with van der Waals surface area (Å²) < 4.78 is 0. The third-order valence-electron chi connectivity index (χ3n) is 4.15. The number of aromatic nitrogens is 1. The topological polar surface area (TPSA) is 36.7 Å². The van der Waals surface area contributed by atoms with E-state index < -0.39 is 0 Å². The lowest BCUT2D eigenvalue weighted by Gasteiger charge is -2.08. The van der Waals surface area contributed by atoms with E-state index >= 15 is 0 Å². The summed E-state index contributed by atoms with van der Waals surface area (Å²) in [7, 11) is 0. The molecule has 4 rings (SSSR count). The minimum absolute atomic E-state index is 0.682. The van der Waals surface area contributed by atoms with Crippen LogP contribution >= 0.6 is 0 Å². The molecule has 24 heavy (non-hydrogen) atoms. The smallest absolute Gasteiger partial charge is 0.0998 e. The van der Waals surface area contributed by atoms with Gasteiger partial charge in [0.2, 0.25) is 0 Å². The van der Waals surface area contributed by atoms with Gasteiger partial charge in [0.15, 0.2) is 0 Å². The minimum Gasteiger partial charge on any atom is -0.256 e. The fraction of sp³-hybridized carbons (Fsp3) is 0. The Bertz CT molecular complexity index is 1070. The highest BCUT2D eigenvalue weighted by Gasteiger charge is 2.07. The number of rotatable bonds is 2. The van der Waals surface area contributed by atoms with Gasteiger partial charge in [-0.15, -0.1) is 0 Å². The highest BCUT2D eigenvalue weighted by atomic mass is 14.7. The molecule has 1 heterocycles. The summed E-state index contributed by atoms with van der Waals surface area (Å²) in [5.41, 5.74) is 4.64. The molecular weight excluding hydrogens is 292 g/mol. The molecule has 0 aliphatic heterocycles. The van der Waals surface area contributed by atoms with Crippen LogP contribution in [0.5, 0.6) is 0 Å². The van der Waals surface area contributed by atoms with Gasteiger partial charge in [-0.05, 0) is 34.7 Å². The van der Waals surface area contributed by atoms with E-state index in [2.05, 4.69) is 41.4 Å². The summed E-state index contributed by atoms with van der Waals surface area (Å²) in [4.78, 5) is 4.59. The zero-order chi connectivity index (χ0) is 16.4. The molecule has 2 nitrogen and oxygen atoms in total. The van der Waals surface area contributed by atoms with Crippen LogP contribution in [0, 0.1) is 11.3 Å². The van der Waals surface area contributed by atoms with Crippen LogP contribution in [0.15, 0.2) is 85.1 Å². The van der Waals surface area contributed by atoms with Crippen LogP contribution < -0.4 is 0 Å². The van der Waals surface area contributed by atoms with Gasteiger partial charge < -0.3 is 0 Å². The molecule has 0 aliphatic rings. The van der Waals surface area contributed by atoms with Crippen molar-refractivity contribution in [3.05, 3.63) is 90.6 Å². The monoisotopic (exact) mass is 306 g/mol. The van der Waals surface area contributed by atoms with E-state index in [9.17, 15) is 5.26 Å². The molecule has 0 aliphatic carbocycles. The Labute approximate surface area is 140 Å². The quantitative estimate of drug-likeness (QED) is 0.494. The molecule has 0 fully saturated rings. The molecule has 4 aromatic rings. The molecule has 0 saturated heterocycles. The van der Waals surface area contributed by atoms with Gasteiger partial charge in [0.25, 0.3) is 0 Å². The first kappa shape index (κ1) is 14.2. The van der Waals surface area contributed by atoms with Crippen LogP contribution in [-0.4, -0.2) is 4.98 Å². The van der Waals surface area contributed by atoms with Crippen molar-refractivity contribution in [1.29, 1.82) is 5.26 Å². The first-order chi connectivity index (χ1) is 11.8. The van der Waals surface area contributed by atoms with E-state index in [0.29, 0.717) is 5.56 Å². The van der Waals surface area contributed by atoms with Crippen molar-refractivity contribution in [3.8, 4) is 28.5 Å². The second-order valence-corrected chi connectivity index (χ2v) is 5.65. The summed E-state index contributed by atoms with van der Waals surface area (Å²) in [6.45, 7) is 0. The largest absolute Gasteiger partial charge is 0.256 e. The molecule has 0 saturated carbocycles. The van der Waals surface area contributed by atoms with E-state index in [1.807, 2.05) is 54.7 Å². The molecule has 1 aromatic heterocycles. The van der Waals surface area contributed by atoms with Gasteiger partial charge in [0.1, 0.15) is 0 Å². The highest BCUT2D eigenvalue weighted by Crippen LogP contribution is 2.28. The Morgan fingerprint density at radius 2 is 1.46 bits per heavy atom. The number of pyridine rings is 1. The molecule has 0 unspecified atom stereocenters. The summed E-state index contributed by atoms with van der Waals surface area (Å²) in [5, 5.41) is 11.6.